The molecule has 2 aromatic carbocycles. The third-order valence-corrected chi connectivity index (χ3v) is 6.62. The van der Waals surface area contributed by atoms with E-state index in [1.54, 1.807) is 12.0 Å². The second-order valence-electron chi connectivity index (χ2n) is 10.3. The summed E-state index contributed by atoms with van der Waals surface area (Å²) in [5.41, 5.74) is 2.67. The molecular weight excluding hydrogens is 442 g/mol. The van der Waals surface area contributed by atoms with Crippen LogP contribution in [0.3, 0.4) is 0 Å². The largest absolute Gasteiger partial charge is 0.496 e. The van der Waals surface area contributed by atoms with E-state index >= 15 is 0 Å². The average molecular weight is 480 g/mol. The Hall–Kier alpha value is -3.22. The van der Waals surface area contributed by atoms with Crippen molar-refractivity contribution in [2.75, 3.05) is 20.2 Å². The van der Waals surface area contributed by atoms with Gasteiger partial charge in [0.25, 0.3) is 0 Å². The van der Waals surface area contributed by atoms with Crippen molar-refractivity contribution in [2.45, 2.75) is 71.1 Å². The number of fused-ring (bicyclic) bond motifs is 1. The molecule has 0 atom stereocenters. The minimum atomic E-state index is -0.510. The molecule has 1 aromatic heterocycles. The highest BCUT2D eigenvalue weighted by Crippen LogP contribution is 2.27. The summed E-state index contributed by atoms with van der Waals surface area (Å²) in [6, 6.07) is 16.2. The number of likely N-dealkylation sites (tertiary alicyclic amines) is 1. The molecule has 7 nitrogen and oxygen atoms in total. The maximum atomic E-state index is 13.6. The molecule has 0 bridgehead atoms. The number of aromatic nitrogens is 2. The van der Waals surface area contributed by atoms with Crippen molar-refractivity contribution >= 4 is 17.1 Å². The highest BCUT2D eigenvalue weighted by Gasteiger charge is 2.29. The molecule has 3 aromatic rings. The summed E-state index contributed by atoms with van der Waals surface area (Å²) >= 11 is 0. The Morgan fingerprint density at radius 1 is 0.971 bits per heavy atom. The van der Waals surface area contributed by atoms with Gasteiger partial charge in [-0.2, -0.15) is 0 Å². The standard InChI is InChI=1S/C28H37N3O4/c1-28(2,3)35-27(33)29-19-16-22(17-20-29)31-24-14-7-6-13-23(24)30(26(31)32)18-10-9-12-21-11-5-8-15-25(21)34-4/h5-8,11,13-15,22H,9-10,12,16-20H2,1-4H3. The van der Waals surface area contributed by atoms with Gasteiger partial charge in [-0.05, 0) is 76.6 Å². The number of amides is 1. The summed E-state index contributed by atoms with van der Waals surface area (Å²) < 4.78 is 14.8. The van der Waals surface area contributed by atoms with Gasteiger partial charge in [0, 0.05) is 25.7 Å². The Kier molecular flexibility index (Phi) is 7.53. The average Bonchev–Trinajstić information content (AvgIpc) is 3.12. The van der Waals surface area contributed by atoms with E-state index in [2.05, 4.69) is 6.07 Å². The second kappa shape index (κ2) is 10.6. The normalized spacial score (nSPS) is 14.9. The van der Waals surface area contributed by atoms with E-state index in [1.165, 1.54) is 5.56 Å². The van der Waals surface area contributed by atoms with Crippen LogP contribution in [0.2, 0.25) is 0 Å². The van der Waals surface area contributed by atoms with Crippen LogP contribution in [0.25, 0.3) is 11.0 Å². The molecule has 0 saturated carbocycles. The maximum Gasteiger partial charge on any atom is 0.410 e. The Labute approximate surface area is 207 Å². The van der Waals surface area contributed by atoms with Gasteiger partial charge in [-0.1, -0.05) is 30.3 Å². The van der Waals surface area contributed by atoms with Crippen molar-refractivity contribution in [1.82, 2.24) is 14.0 Å². The molecule has 0 unspecified atom stereocenters. The number of benzene rings is 2. The van der Waals surface area contributed by atoms with Gasteiger partial charge in [-0.3, -0.25) is 9.13 Å². The lowest BCUT2D eigenvalue weighted by atomic mass is 10.0. The van der Waals surface area contributed by atoms with Crippen LogP contribution in [-0.2, 0) is 17.7 Å². The van der Waals surface area contributed by atoms with Crippen molar-refractivity contribution in [2.24, 2.45) is 0 Å². The van der Waals surface area contributed by atoms with Gasteiger partial charge < -0.3 is 14.4 Å². The van der Waals surface area contributed by atoms with Gasteiger partial charge in [-0.25, -0.2) is 9.59 Å². The lowest BCUT2D eigenvalue weighted by Crippen LogP contribution is -2.43. The number of hydrogen-bond acceptors (Lipinski definition) is 4. The maximum absolute atomic E-state index is 13.6. The SMILES string of the molecule is COc1ccccc1CCCCn1c(=O)n(C2CCN(C(=O)OC(C)(C)C)CC2)c2ccccc21. The van der Waals surface area contributed by atoms with Crippen molar-refractivity contribution in [3.05, 3.63) is 64.6 Å². The minimum absolute atomic E-state index is 0.0409. The molecule has 0 aliphatic carbocycles. The Morgan fingerprint density at radius 2 is 1.63 bits per heavy atom. The molecule has 0 N–H and O–H groups in total. The number of nitrogens with zero attached hydrogens (tertiary/aromatic N) is 3. The molecule has 4 rings (SSSR count). The molecule has 0 radical (unpaired) electrons. The third-order valence-electron chi connectivity index (χ3n) is 6.62. The fourth-order valence-electron chi connectivity index (χ4n) is 4.93. The number of carbonyl (C=O) groups excluding carboxylic acids is 1. The number of methoxy groups -OCH3 is 1. The number of carbonyl (C=O) groups is 1. The van der Waals surface area contributed by atoms with E-state index in [9.17, 15) is 9.59 Å². The monoisotopic (exact) mass is 479 g/mol. The Bertz CT molecular complexity index is 1210. The topological polar surface area (TPSA) is 65.7 Å². The van der Waals surface area contributed by atoms with Gasteiger partial charge in [0.1, 0.15) is 11.4 Å². The summed E-state index contributed by atoms with van der Waals surface area (Å²) in [5.74, 6) is 0.916. The zero-order valence-corrected chi connectivity index (χ0v) is 21.3. The highest BCUT2D eigenvalue weighted by molar-refractivity contribution is 5.76. The minimum Gasteiger partial charge on any atom is -0.496 e. The number of rotatable bonds is 7. The lowest BCUT2D eigenvalue weighted by Gasteiger charge is -2.33. The van der Waals surface area contributed by atoms with Crippen molar-refractivity contribution in [1.29, 1.82) is 0 Å². The molecule has 7 heteroatoms. The summed E-state index contributed by atoms with van der Waals surface area (Å²) in [7, 11) is 1.70. The van der Waals surface area contributed by atoms with Crippen LogP contribution in [-0.4, -0.2) is 45.9 Å². The molecule has 0 spiro atoms. The lowest BCUT2D eigenvalue weighted by molar-refractivity contribution is 0.0188. The van der Waals surface area contributed by atoms with Gasteiger partial charge >= 0.3 is 11.8 Å². The number of hydrogen-bond donors (Lipinski definition) is 0. The molecular formula is C28H37N3O4. The summed E-state index contributed by atoms with van der Waals surface area (Å²) in [6.07, 6.45) is 3.99. The van der Waals surface area contributed by atoms with E-state index < -0.39 is 5.60 Å². The van der Waals surface area contributed by atoms with Crippen LogP contribution < -0.4 is 10.4 Å². The van der Waals surface area contributed by atoms with Crippen LogP contribution in [0, 0.1) is 0 Å². The van der Waals surface area contributed by atoms with Crippen molar-refractivity contribution < 1.29 is 14.3 Å². The molecule has 1 amide bonds. The Balaban J connectivity index is 1.45. The van der Waals surface area contributed by atoms with Crippen LogP contribution in [0.5, 0.6) is 5.75 Å². The quantitative estimate of drug-likeness (QED) is 0.425. The molecule has 1 aliphatic heterocycles. The zero-order valence-electron chi connectivity index (χ0n) is 21.3. The first kappa shape index (κ1) is 24.9. The zero-order chi connectivity index (χ0) is 25.0. The van der Waals surface area contributed by atoms with E-state index in [0.29, 0.717) is 19.6 Å². The smallest absolute Gasteiger partial charge is 0.410 e. The number of imidazole rings is 1. The number of ether oxygens (including phenoxy) is 2. The second-order valence-corrected chi connectivity index (χ2v) is 10.3. The molecule has 1 aliphatic rings. The van der Waals surface area contributed by atoms with Gasteiger partial charge in [0.15, 0.2) is 0 Å². The molecule has 2 heterocycles. The summed E-state index contributed by atoms with van der Waals surface area (Å²) in [6.45, 7) is 7.49. The molecule has 188 valence electrons. The molecule has 35 heavy (non-hydrogen) atoms. The summed E-state index contributed by atoms with van der Waals surface area (Å²) in [4.78, 5) is 27.8. The summed E-state index contributed by atoms with van der Waals surface area (Å²) in [5, 5.41) is 0. The van der Waals surface area contributed by atoms with Crippen LogP contribution >= 0.6 is 0 Å². The molecule has 1 fully saturated rings. The van der Waals surface area contributed by atoms with Crippen LogP contribution in [0.15, 0.2) is 53.3 Å². The number of piperidine rings is 1. The van der Waals surface area contributed by atoms with E-state index in [1.807, 2.05) is 72.4 Å². The first-order valence-corrected chi connectivity index (χ1v) is 12.6. The predicted molar refractivity (Wildman–Crippen MR) is 138 cm³/mol. The fraction of sp³-hybridized carbons (Fsp3) is 0.500. The number of unbranched alkanes of at least 4 members (excludes halogenated alkanes) is 1. The Morgan fingerprint density at radius 3 is 2.31 bits per heavy atom. The van der Waals surface area contributed by atoms with Gasteiger partial charge in [0.05, 0.1) is 18.1 Å². The fourth-order valence-corrected chi connectivity index (χ4v) is 4.93. The van der Waals surface area contributed by atoms with Crippen LogP contribution in [0.1, 0.15) is 58.1 Å². The van der Waals surface area contributed by atoms with Gasteiger partial charge in [0.2, 0.25) is 0 Å². The van der Waals surface area contributed by atoms with Crippen LogP contribution in [0.4, 0.5) is 4.79 Å². The first-order chi connectivity index (χ1) is 16.8. The highest BCUT2D eigenvalue weighted by atomic mass is 16.6. The van der Waals surface area contributed by atoms with Crippen molar-refractivity contribution in [3.8, 4) is 5.75 Å². The number of para-hydroxylation sites is 3. The van der Waals surface area contributed by atoms with E-state index in [-0.39, 0.29) is 17.8 Å². The third kappa shape index (κ3) is 5.72. The van der Waals surface area contributed by atoms with E-state index in [0.717, 1.165) is 48.9 Å². The first-order valence-electron chi connectivity index (χ1n) is 12.6. The predicted octanol–water partition coefficient (Wildman–Crippen LogP) is 5.41. The van der Waals surface area contributed by atoms with Gasteiger partial charge in [-0.15, -0.1) is 0 Å². The van der Waals surface area contributed by atoms with Crippen molar-refractivity contribution in [3.63, 3.8) is 0 Å². The van der Waals surface area contributed by atoms with E-state index in [4.69, 9.17) is 9.47 Å². The number of aryl methyl sites for hydroxylation is 2. The molecule has 1 saturated heterocycles.